The number of ether oxygens (including phenoxy) is 1. The van der Waals surface area contributed by atoms with Crippen LogP contribution in [0, 0.1) is 12.8 Å². The van der Waals surface area contributed by atoms with E-state index in [0.717, 1.165) is 35.9 Å². The maximum atomic E-state index is 12.4. The van der Waals surface area contributed by atoms with E-state index in [4.69, 9.17) is 14.9 Å². The lowest BCUT2D eigenvalue weighted by Gasteiger charge is -2.45. The Kier molecular flexibility index (Phi) is 5.34. The molecule has 1 amide bonds. The maximum absolute atomic E-state index is 12.4. The van der Waals surface area contributed by atoms with Gasteiger partial charge in [-0.25, -0.2) is 0 Å². The van der Waals surface area contributed by atoms with Crippen molar-refractivity contribution in [2.45, 2.75) is 57.1 Å². The Bertz CT molecular complexity index is 560. The number of hydrogen-bond acceptors (Lipinski definition) is 5. The van der Waals surface area contributed by atoms with E-state index in [1.54, 1.807) is 0 Å². The highest BCUT2D eigenvalue weighted by Crippen LogP contribution is 2.37. The number of carbonyl (C=O) groups is 1. The van der Waals surface area contributed by atoms with E-state index in [1.165, 1.54) is 12.8 Å². The van der Waals surface area contributed by atoms with Gasteiger partial charge >= 0.3 is 0 Å². The van der Waals surface area contributed by atoms with Crippen LogP contribution in [0.2, 0.25) is 0 Å². The molecular weight excluding hydrogens is 312 g/mol. The quantitative estimate of drug-likeness (QED) is 0.747. The topological polar surface area (TPSA) is 77.5 Å². The maximum Gasteiger partial charge on any atom is 0.287 e. The van der Waals surface area contributed by atoms with Gasteiger partial charge in [-0.05, 0) is 31.6 Å². The van der Waals surface area contributed by atoms with Crippen molar-refractivity contribution in [2.24, 2.45) is 11.7 Å². The first-order valence-corrected chi connectivity index (χ1v) is 9.62. The van der Waals surface area contributed by atoms with Crippen LogP contribution in [0.1, 0.15) is 48.1 Å². The third-order valence-electron chi connectivity index (χ3n) is 4.89. The molecule has 2 fully saturated rings. The molecule has 0 unspecified atom stereocenters. The van der Waals surface area contributed by atoms with Gasteiger partial charge in [-0.2, -0.15) is 11.8 Å². The van der Waals surface area contributed by atoms with Gasteiger partial charge < -0.3 is 20.2 Å². The number of carbonyl (C=O) groups excluding carboxylic acids is 1. The van der Waals surface area contributed by atoms with Gasteiger partial charge in [-0.3, -0.25) is 4.79 Å². The van der Waals surface area contributed by atoms with Gasteiger partial charge in [0.25, 0.3) is 5.91 Å². The zero-order valence-corrected chi connectivity index (χ0v) is 14.7. The summed E-state index contributed by atoms with van der Waals surface area (Å²) < 4.78 is 11.3. The van der Waals surface area contributed by atoms with Crippen molar-refractivity contribution in [3.05, 3.63) is 23.2 Å². The Balaban J connectivity index is 1.55. The minimum absolute atomic E-state index is 0.00780. The van der Waals surface area contributed by atoms with Crippen LogP contribution in [0.5, 0.6) is 0 Å². The minimum atomic E-state index is -0.188. The molecule has 4 atom stereocenters. The Hall–Kier alpha value is -0.980. The van der Waals surface area contributed by atoms with Crippen LogP contribution in [0.25, 0.3) is 0 Å². The van der Waals surface area contributed by atoms with Crippen LogP contribution in [-0.2, 0) is 10.5 Å². The lowest BCUT2D eigenvalue weighted by molar-refractivity contribution is -0.0164. The number of hydrogen-bond donors (Lipinski definition) is 2. The van der Waals surface area contributed by atoms with Crippen LogP contribution in [0.15, 0.2) is 10.5 Å². The van der Waals surface area contributed by atoms with Crippen LogP contribution in [0.3, 0.4) is 0 Å². The third kappa shape index (κ3) is 3.44. The number of nitrogens with two attached hydrogens (primary N) is 1. The van der Waals surface area contributed by atoms with Gasteiger partial charge in [0, 0.05) is 29.9 Å². The van der Waals surface area contributed by atoms with Crippen LogP contribution >= 0.6 is 11.8 Å². The summed E-state index contributed by atoms with van der Waals surface area (Å²) in [5.41, 5.74) is 7.24. The molecule has 5 nitrogen and oxygen atoms in total. The van der Waals surface area contributed by atoms with E-state index in [9.17, 15) is 4.79 Å². The van der Waals surface area contributed by atoms with Crippen molar-refractivity contribution >= 4 is 17.7 Å². The molecule has 23 heavy (non-hydrogen) atoms. The molecule has 6 heteroatoms. The highest BCUT2D eigenvalue weighted by Gasteiger charge is 2.52. The molecular formula is C17H26N2O3S. The van der Waals surface area contributed by atoms with E-state index in [-0.39, 0.29) is 24.1 Å². The second kappa shape index (κ2) is 7.28. The highest BCUT2D eigenvalue weighted by atomic mass is 32.2. The number of furan rings is 1. The third-order valence-corrected chi connectivity index (χ3v) is 5.98. The molecule has 1 aromatic rings. The fraction of sp³-hybridized carbons (Fsp3) is 0.706. The van der Waals surface area contributed by atoms with E-state index in [2.05, 4.69) is 12.2 Å². The number of amides is 1. The van der Waals surface area contributed by atoms with Crippen LogP contribution in [0.4, 0.5) is 0 Å². The molecule has 0 spiro atoms. The van der Waals surface area contributed by atoms with Crippen LogP contribution in [-0.4, -0.2) is 36.5 Å². The highest BCUT2D eigenvalue weighted by molar-refractivity contribution is 7.98. The van der Waals surface area contributed by atoms with Gasteiger partial charge in [0.15, 0.2) is 5.76 Å². The number of thioether (sulfide) groups is 1. The lowest BCUT2D eigenvalue weighted by atomic mass is 9.72. The fourth-order valence-electron chi connectivity index (χ4n) is 3.35. The number of unbranched alkanes of at least 4 members (excludes halogenated alkanes) is 1. The zero-order valence-electron chi connectivity index (χ0n) is 13.8. The molecule has 0 bridgehead atoms. The van der Waals surface area contributed by atoms with Crippen LogP contribution < -0.4 is 11.1 Å². The van der Waals surface area contributed by atoms with Gasteiger partial charge in [-0.1, -0.05) is 13.3 Å². The summed E-state index contributed by atoms with van der Waals surface area (Å²) in [4.78, 5) is 12.4. The van der Waals surface area contributed by atoms with Crippen molar-refractivity contribution in [3.8, 4) is 0 Å². The average molecular weight is 338 g/mol. The number of aryl methyl sites for hydroxylation is 1. The number of rotatable bonds is 7. The molecule has 1 aliphatic carbocycles. The molecule has 0 radical (unpaired) electrons. The van der Waals surface area contributed by atoms with Gasteiger partial charge in [0.05, 0.1) is 12.1 Å². The van der Waals surface area contributed by atoms with Crippen molar-refractivity contribution in [1.82, 2.24) is 5.32 Å². The summed E-state index contributed by atoms with van der Waals surface area (Å²) in [6.45, 7) is 4.85. The average Bonchev–Trinajstić information content (AvgIpc) is 3.13. The van der Waals surface area contributed by atoms with Crippen molar-refractivity contribution in [3.63, 3.8) is 0 Å². The SMILES string of the molecule is CCCCSCc1cc(C(=O)N[C@@H]2[C@@H](N)[C@H]3CCO[C@H]32)oc1C. The molecule has 2 aliphatic rings. The molecule has 1 aromatic heterocycles. The van der Waals surface area contributed by atoms with Gasteiger partial charge in [0.2, 0.25) is 0 Å². The smallest absolute Gasteiger partial charge is 0.287 e. The molecule has 1 saturated heterocycles. The normalized spacial score (nSPS) is 29.2. The predicted octanol–water partition coefficient (Wildman–Crippen LogP) is 2.47. The Morgan fingerprint density at radius 1 is 1.52 bits per heavy atom. The summed E-state index contributed by atoms with van der Waals surface area (Å²) in [5.74, 6) is 3.44. The molecule has 3 N–H and O–H groups in total. The second-order valence-corrected chi connectivity index (χ2v) is 7.57. The Labute approximate surface area is 141 Å². The van der Waals surface area contributed by atoms with E-state index in [0.29, 0.717) is 11.7 Å². The minimum Gasteiger partial charge on any atom is -0.456 e. The standard InChI is InChI=1S/C17H26N2O3S/c1-3-4-7-23-9-11-8-13(22-10(11)2)17(20)19-15-14(18)12-5-6-21-16(12)15/h8,12,14-16H,3-7,9,18H2,1-2H3,(H,19,20)/t12-,14+,15-,16-/m1/s1. The second-order valence-electron chi connectivity index (χ2n) is 6.46. The molecule has 3 rings (SSSR count). The summed E-state index contributed by atoms with van der Waals surface area (Å²) in [7, 11) is 0. The van der Waals surface area contributed by atoms with E-state index < -0.39 is 0 Å². The monoisotopic (exact) mass is 338 g/mol. The molecule has 1 saturated carbocycles. The Morgan fingerprint density at radius 2 is 2.35 bits per heavy atom. The van der Waals surface area contributed by atoms with E-state index >= 15 is 0 Å². The molecule has 2 heterocycles. The van der Waals surface area contributed by atoms with Gasteiger partial charge in [-0.15, -0.1) is 0 Å². The predicted molar refractivity (Wildman–Crippen MR) is 91.6 cm³/mol. The molecule has 0 aromatic carbocycles. The summed E-state index contributed by atoms with van der Waals surface area (Å²) in [6.07, 6.45) is 3.50. The first-order valence-electron chi connectivity index (χ1n) is 8.47. The largest absolute Gasteiger partial charge is 0.456 e. The van der Waals surface area contributed by atoms with Crippen molar-refractivity contribution in [1.29, 1.82) is 0 Å². The lowest BCUT2D eigenvalue weighted by Crippen LogP contribution is -2.68. The summed E-state index contributed by atoms with van der Waals surface area (Å²) in [5, 5.41) is 2.98. The number of fused-ring (bicyclic) bond motifs is 1. The fourth-order valence-corrected chi connectivity index (χ4v) is 4.50. The zero-order chi connectivity index (χ0) is 16.4. The van der Waals surface area contributed by atoms with E-state index in [1.807, 2.05) is 24.8 Å². The summed E-state index contributed by atoms with van der Waals surface area (Å²) in [6, 6.07) is 1.76. The molecule has 1 aliphatic heterocycles. The first kappa shape index (κ1) is 16.9. The van der Waals surface area contributed by atoms with Crippen molar-refractivity contribution < 1.29 is 13.9 Å². The first-order chi connectivity index (χ1) is 11.1. The molecule has 128 valence electrons. The Morgan fingerprint density at radius 3 is 3.13 bits per heavy atom. The van der Waals surface area contributed by atoms with Gasteiger partial charge in [0.1, 0.15) is 5.76 Å². The summed E-state index contributed by atoms with van der Waals surface area (Å²) >= 11 is 1.88. The number of nitrogens with one attached hydrogen (secondary N) is 1. The van der Waals surface area contributed by atoms with Crippen molar-refractivity contribution in [2.75, 3.05) is 12.4 Å².